The summed E-state index contributed by atoms with van der Waals surface area (Å²) in [5, 5.41) is 9.05. The van der Waals surface area contributed by atoms with E-state index >= 15 is 0 Å². The monoisotopic (exact) mass is 436 g/mol. The maximum Gasteiger partial charge on any atom is 0.335 e. The van der Waals surface area contributed by atoms with Crippen LogP contribution >= 0.6 is 0 Å². The number of hydrazine groups is 1. The number of carbonyl (C=O) groups excluding carboxylic acids is 2. The Balaban J connectivity index is 2.15. The van der Waals surface area contributed by atoms with Gasteiger partial charge < -0.3 is 16.3 Å². The average Bonchev–Trinajstić information content (AvgIpc) is 2.76. The topological polar surface area (TPSA) is 134 Å². The first-order valence-electron chi connectivity index (χ1n) is 9.94. The normalized spacial score (nSPS) is 12.6. The Hall–Kier alpha value is -3.94. The molecular weight excluding hydrogens is 408 g/mol. The van der Waals surface area contributed by atoms with Crippen molar-refractivity contribution in [2.45, 2.75) is 33.1 Å². The lowest BCUT2D eigenvalue weighted by molar-refractivity contribution is -0.109. The number of hydrogen-bond donors (Lipinski definition) is 4. The number of aromatic carboxylic acids is 1. The van der Waals surface area contributed by atoms with Crippen LogP contribution in [0.3, 0.4) is 0 Å². The molecule has 0 bridgehead atoms. The van der Waals surface area contributed by atoms with Gasteiger partial charge in [-0.25, -0.2) is 4.79 Å². The predicted molar refractivity (Wildman–Crippen MR) is 124 cm³/mol. The summed E-state index contributed by atoms with van der Waals surface area (Å²) in [7, 11) is 1.51. The Morgan fingerprint density at radius 3 is 2.06 bits per heavy atom. The number of hydrogen-bond acceptors (Lipinski definition) is 6. The minimum Gasteiger partial charge on any atom is -0.478 e. The molecule has 0 saturated heterocycles. The number of aliphatic imine (C=N–C) groups is 1. The van der Waals surface area contributed by atoms with Gasteiger partial charge in [0.15, 0.2) is 0 Å². The number of carboxylic acids is 1. The number of carbonyl (C=O) groups is 3. The average molecular weight is 437 g/mol. The summed E-state index contributed by atoms with van der Waals surface area (Å²) in [6, 6.07) is 13.1. The molecule has 0 radical (unpaired) electrons. The Labute approximate surface area is 187 Å². The van der Waals surface area contributed by atoms with E-state index in [4.69, 9.17) is 10.8 Å². The van der Waals surface area contributed by atoms with Crippen LogP contribution in [0.15, 0.2) is 64.9 Å². The third-order valence-corrected chi connectivity index (χ3v) is 4.85. The summed E-state index contributed by atoms with van der Waals surface area (Å²) >= 11 is 0. The van der Waals surface area contributed by atoms with Gasteiger partial charge in [0.25, 0.3) is 5.91 Å². The highest BCUT2D eigenvalue weighted by Crippen LogP contribution is 2.22. The standard InChI is InChI=1S/C24H28N4O4/c1-14(27-28-22(30)16-7-6-8-17(13-16)23(31)32)19(25)21(29)20(26-5)15-9-11-18(12-10-15)24(2,3)4/h6-13,27H,25H2,1-5H3,(H,28,30)(H,31,32). The summed E-state index contributed by atoms with van der Waals surface area (Å²) in [5.41, 5.74) is 13.2. The molecule has 0 unspecified atom stereocenters. The Bertz CT molecular complexity index is 1090. The fourth-order valence-corrected chi connectivity index (χ4v) is 2.87. The summed E-state index contributed by atoms with van der Waals surface area (Å²) in [6.45, 7) is 7.84. The Morgan fingerprint density at radius 2 is 1.53 bits per heavy atom. The molecule has 0 aliphatic heterocycles. The van der Waals surface area contributed by atoms with Crippen molar-refractivity contribution in [2.24, 2.45) is 10.7 Å². The van der Waals surface area contributed by atoms with Gasteiger partial charge in [0, 0.05) is 18.2 Å². The first-order valence-corrected chi connectivity index (χ1v) is 9.94. The number of benzene rings is 2. The van der Waals surface area contributed by atoms with Crippen LogP contribution in [-0.4, -0.2) is 35.5 Å². The molecule has 0 aromatic heterocycles. The van der Waals surface area contributed by atoms with Gasteiger partial charge in [-0.2, -0.15) is 0 Å². The third kappa shape index (κ3) is 5.81. The highest BCUT2D eigenvalue weighted by molar-refractivity contribution is 6.51. The Kier molecular flexibility index (Phi) is 7.54. The zero-order chi connectivity index (χ0) is 24.1. The third-order valence-electron chi connectivity index (χ3n) is 4.85. The van der Waals surface area contributed by atoms with Crippen LogP contribution < -0.4 is 16.6 Å². The van der Waals surface area contributed by atoms with E-state index in [0.29, 0.717) is 5.56 Å². The lowest BCUT2D eigenvalue weighted by atomic mass is 9.86. The summed E-state index contributed by atoms with van der Waals surface area (Å²) < 4.78 is 0. The van der Waals surface area contributed by atoms with Crippen LogP contribution in [0.1, 0.15) is 59.5 Å². The van der Waals surface area contributed by atoms with E-state index in [1.807, 2.05) is 24.3 Å². The number of ketones is 1. The fraction of sp³-hybridized carbons (Fsp3) is 0.250. The molecule has 2 aromatic rings. The molecule has 168 valence electrons. The molecular formula is C24H28N4O4. The van der Waals surface area contributed by atoms with Crippen LogP contribution in [0, 0.1) is 0 Å². The number of Topliss-reactive ketones (excluding diaryl/α,β-unsaturated/α-hetero) is 1. The zero-order valence-electron chi connectivity index (χ0n) is 18.8. The lowest BCUT2D eigenvalue weighted by Gasteiger charge is -2.19. The molecule has 32 heavy (non-hydrogen) atoms. The molecule has 0 atom stereocenters. The SMILES string of the molecule is CN=C(C(=O)C(N)=C(C)NNC(=O)c1cccc(C(=O)O)c1)c1ccc(C(C)(C)C)cc1. The smallest absolute Gasteiger partial charge is 0.335 e. The number of carboxylic acid groups (broad SMARTS) is 1. The number of rotatable bonds is 7. The quantitative estimate of drug-likeness (QED) is 0.300. The largest absolute Gasteiger partial charge is 0.478 e. The number of nitrogens with zero attached hydrogens (tertiary/aromatic N) is 1. The van der Waals surface area contributed by atoms with Crippen molar-refractivity contribution in [1.82, 2.24) is 10.9 Å². The van der Waals surface area contributed by atoms with Crippen molar-refractivity contribution in [3.63, 3.8) is 0 Å². The first kappa shape index (κ1) is 24.3. The minimum atomic E-state index is -1.14. The van der Waals surface area contributed by atoms with E-state index < -0.39 is 17.7 Å². The van der Waals surface area contributed by atoms with E-state index in [-0.39, 0.29) is 33.6 Å². The molecule has 8 nitrogen and oxygen atoms in total. The molecule has 0 aliphatic rings. The first-order chi connectivity index (χ1) is 15.0. The van der Waals surface area contributed by atoms with Crippen LogP contribution in [0.5, 0.6) is 0 Å². The second-order valence-electron chi connectivity index (χ2n) is 8.23. The van der Waals surface area contributed by atoms with Crippen LogP contribution in [0.2, 0.25) is 0 Å². The number of nitrogens with two attached hydrogens (primary N) is 1. The van der Waals surface area contributed by atoms with Gasteiger partial charge in [0.2, 0.25) is 5.78 Å². The van der Waals surface area contributed by atoms with Crippen LogP contribution in [-0.2, 0) is 10.2 Å². The van der Waals surface area contributed by atoms with Gasteiger partial charge in [-0.05, 0) is 36.1 Å². The molecule has 0 heterocycles. The van der Waals surface area contributed by atoms with Crippen LogP contribution in [0.4, 0.5) is 0 Å². The van der Waals surface area contributed by atoms with Crippen LogP contribution in [0.25, 0.3) is 0 Å². The van der Waals surface area contributed by atoms with E-state index in [1.165, 1.54) is 38.2 Å². The summed E-state index contributed by atoms with van der Waals surface area (Å²) in [5.74, 6) is -2.20. The van der Waals surface area contributed by atoms with Crippen molar-refractivity contribution in [3.8, 4) is 0 Å². The van der Waals surface area contributed by atoms with E-state index in [1.54, 1.807) is 0 Å². The minimum absolute atomic E-state index is 0.0131. The summed E-state index contributed by atoms with van der Waals surface area (Å²) in [4.78, 5) is 40.4. The maximum atomic E-state index is 12.9. The molecule has 8 heteroatoms. The van der Waals surface area contributed by atoms with Crippen molar-refractivity contribution >= 4 is 23.4 Å². The molecule has 5 N–H and O–H groups in total. The molecule has 0 aliphatic carbocycles. The van der Waals surface area contributed by atoms with Gasteiger partial charge in [0.05, 0.1) is 11.3 Å². The van der Waals surface area contributed by atoms with Gasteiger partial charge in [0.1, 0.15) is 11.4 Å². The molecule has 2 rings (SSSR count). The van der Waals surface area contributed by atoms with E-state index in [2.05, 4.69) is 36.6 Å². The van der Waals surface area contributed by atoms with Gasteiger partial charge in [-0.3, -0.25) is 20.0 Å². The maximum absolute atomic E-state index is 12.9. The lowest BCUT2D eigenvalue weighted by Crippen LogP contribution is -2.38. The molecule has 0 spiro atoms. The molecule has 1 amide bonds. The zero-order valence-corrected chi connectivity index (χ0v) is 18.8. The molecule has 0 saturated carbocycles. The van der Waals surface area contributed by atoms with Crippen molar-refractivity contribution in [1.29, 1.82) is 0 Å². The van der Waals surface area contributed by atoms with Crippen molar-refractivity contribution in [2.75, 3.05) is 7.05 Å². The summed E-state index contributed by atoms with van der Waals surface area (Å²) in [6.07, 6.45) is 0. The van der Waals surface area contributed by atoms with Gasteiger partial charge >= 0.3 is 5.97 Å². The Morgan fingerprint density at radius 1 is 0.938 bits per heavy atom. The van der Waals surface area contributed by atoms with Gasteiger partial charge in [-0.15, -0.1) is 0 Å². The van der Waals surface area contributed by atoms with Crippen molar-refractivity contribution in [3.05, 3.63) is 82.2 Å². The number of allylic oxidation sites excluding steroid dienone is 2. The van der Waals surface area contributed by atoms with E-state index in [9.17, 15) is 14.4 Å². The molecule has 0 fully saturated rings. The highest BCUT2D eigenvalue weighted by Gasteiger charge is 2.20. The van der Waals surface area contributed by atoms with E-state index in [0.717, 1.165) is 5.56 Å². The second-order valence-corrected chi connectivity index (χ2v) is 8.23. The van der Waals surface area contributed by atoms with Crippen molar-refractivity contribution < 1.29 is 19.5 Å². The number of amides is 1. The second kappa shape index (κ2) is 9.91. The highest BCUT2D eigenvalue weighted by atomic mass is 16.4. The molecule has 2 aromatic carbocycles. The predicted octanol–water partition coefficient (Wildman–Crippen LogP) is 2.80. The van der Waals surface area contributed by atoms with Gasteiger partial charge in [-0.1, -0.05) is 51.1 Å². The fourth-order valence-electron chi connectivity index (χ4n) is 2.87. The number of nitrogens with one attached hydrogen (secondary N) is 2.